The first-order chi connectivity index (χ1) is 13.9. The monoisotopic (exact) mass is 413 g/mol. The molecule has 0 saturated heterocycles. The average Bonchev–Trinajstić information content (AvgIpc) is 3.22. The van der Waals surface area contributed by atoms with Crippen molar-refractivity contribution in [3.05, 3.63) is 34.5 Å². The van der Waals surface area contributed by atoms with Crippen LogP contribution in [0.1, 0.15) is 53.0 Å². The van der Waals surface area contributed by atoms with Crippen LogP contribution in [-0.4, -0.2) is 41.3 Å². The van der Waals surface area contributed by atoms with Crippen molar-refractivity contribution in [3.63, 3.8) is 0 Å². The molecule has 0 amide bonds. The van der Waals surface area contributed by atoms with Crippen LogP contribution in [0, 0.1) is 12.8 Å². The lowest BCUT2D eigenvalue weighted by Gasteiger charge is -2.23. The molecule has 0 saturated carbocycles. The Morgan fingerprint density at radius 2 is 1.90 bits per heavy atom. The topological polar surface area (TPSA) is 52.9 Å². The number of aryl methyl sites for hydroxylation is 1. The maximum atomic E-state index is 4.86. The van der Waals surface area contributed by atoms with E-state index in [0.29, 0.717) is 17.7 Å². The molecule has 0 aliphatic carbocycles. The van der Waals surface area contributed by atoms with Crippen LogP contribution in [0.2, 0.25) is 0 Å². The van der Waals surface area contributed by atoms with E-state index in [0.717, 1.165) is 55.1 Å². The van der Waals surface area contributed by atoms with Crippen molar-refractivity contribution in [2.45, 2.75) is 54.4 Å². The standard InChI is InChI=1S/C23H35N5S/c1-7-12-28(13-8-2)19(6)25-23(24-15-17(3)4)27-22-18(5)9-10-21(26-22)20-11-14-29-16-20/h9-11,14,16-17H,7-8,12-13,15H2,1-6H3,(H,24,26,27)/b25-19+. The highest BCUT2D eigenvalue weighted by molar-refractivity contribution is 7.08. The summed E-state index contributed by atoms with van der Waals surface area (Å²) in [6.45, 7) is 15.7. The molecular weight excluding hydrogens is 378 g/mol. The van der Waals surface area contributed by atoms with Gasteiger partial charge in [0.25, 0.3) is 0 Å². The van der Waals surface area contributed by atoms with Crippen LogP contribution in [0.3, 0.4) is 0 Å². The lowest BCUT2D eigenvalue weighted by atomic mass is 10.2. The number of hydrogen-bond acceptors (Lipinski definition) is 3. The predicted molar refractivity (Wildman–Crippen MR) is 127 cm³/mol. The summed E-state index contributed by atoms with van der Waals surface area (Å²) in [6, 6.07) is 6.22. The van der Waals surface area contributed by atoms with Gasteiger partial charge in [-0.3, -0.25) is 0 Å². The molecule has 2 aromatic heterocycles. The molecule has 0 aliphatic rings. The van der Waals surface area contributed by atoms with Crippen LogP contribution < -0.4 is 5.32 Å². The van der Waals surface area contributed by atoms with Gasteiger partial charge < -0.3 is 10.2 Å². The maximum Gasteiger partial charge on any atom is 0.226 e. The molecule has 2 aromatic rings. The first kappa shape index (κ1) is 23.1. The molecular formula is C23H35N5S. The fourth-order valence-corrected chi connectivity index (χ4v) is 3.55. The Hall–Kier alpha value is -2.21. The van der Waals surface area contributed by atoms with Crippen LogP contribution >= 0.6 is 11.3 Å². The van der Waals surface area contributed by atoms with E-state index < -0.39 is 0 Å². The zero-order chi connectivity index (χ0) is 21.2. The summed E-state index contributed by atoms with van der Waals surface area (Å²) in [6.07, 6.45) is 2.20. The van der Waals surface area contributed by atoms with Crippen LogP contribution in [0.25, 0.3) is 11.3 Å². The predicted octanol–water partition coefficient (Wildman–Crippen LogP) is 5.89. The third kappa shape index (κ3) is 7.28. The number of hydrogen-bond donors (Lipinski definition) is 1. The Balaban J connectivity index is 2.39. The normalized spacial score (nSPS) is 12.5. The van der Waals surface area contributed by atoms with Crippen molar-refractivity contribution in [2.75, 3.05) is 19.6 Å². The highest BCUT2D eigenvalue weighted by Crippen LogP contribution is 2.25. The number of pyridine rings is 1. The molecule has 0 atom stereocenters. The van der Waals surface area contributed by atoms with E-state index in [1.54, 1.807) is 11.3 Å². The summed E-state index contributed by atoms with van der Waals surface area (Å²) in [5, 5.41) is 7.60. The number of nitrogens with one attached hydrogen (secondary N) is 1. The first-order valence-electron chi connectivity index (χ1n) is 10.6. The zero-order valence-electron chi connectivity index (χ0n) is 18.7. The quantitative estimate of drug-likeness (QED) is 0.433. The van der Waals surface area contributed by atoms with Crippen molar-refractivity contribution >= 4 is 28.9 Å². The molecule has 0 fully saturated rings. The van der Waals surface area contributed by atoms with E-state index in [2.05, 4.69) is 73.8 Å². The lowest BCUT2D eigenvalue weighted by molar-refractivity contribution is 0.415. The van der Waals surface area contributed by atoms with E-state index in [-0.39, 0.29) is 0 Å². The van der Waals surface area contributed by atoms with E-state index in [1.807, 2.05) is 6.92 Å². The van der Waals surface area contributed by atoms with Crippen molar-refractivity contribution in [1.29, 1.82) is 0 Å². The third-order valence-electron chi connectivity index (χ3n) is 4.48. The SMILES string of the molecule is CCCN(CCC)/C(C)=N/C(=N\c1nc(-c2ccsc2)ccc1C)NCC(C)C. The second-order valence-electron chi connectivity index (χ2n) is 7.71. The van der Waals surface area contributed by atoms with Crippen molar-refractivity contribution in [1.82, 2.24) is 15.2 Å². The van der Waals surface area contributed by atoms with Crippen LogP contribution in [0.15, 0.2) is 38.9 Å². The van der Waals surface area contributed by atoms with E-state index in [9.17, 15) is 0 Å². The van der Waals surface area contributed by atoms with Gasteiger partial charge in [0.1, 0.15) is 5.84 Å². The molecule has 0 radical (unpaired) electrons. The van der Waals surface area contributed by atoms with E-state index in [4.69, 9.17) is 15.0 Å². The van der Waals surface area contributed by atoms with Crippen molar-refractivity contribution in [2.24, 2.45) is 15.9 Å². The summed E-state index contributed by atoms with van der Waals surface area (Å²) in [5.74, 6) is 2.85. The minimum absolute atomic E-state index is 0.504. The van der Waals surface area contributed by atoms with Gasteiger partial charge in [-0.2, -0.15) is 16.3 Å². The second-order valence-corrected chi connectivity index (χ2v) is 8.49. The fraction of sp³-hybridized carbons (Fsp3) is 0.522. The Morgan fingerprint density at radius 3 is 2.48 bits per heavy atom. The number of guanidine groups is 1. The average molecular weight is 414 g/mol. The number of aliphatic imine (C=N–C) groups is 2. The van der Waals surface area contributed by atoms with Crippen LogP contribution in [0.5, 0.6) is 0 Å². The zero-order valence-corrected chi connectivity index (χ0v) is 19.5. The van der Waals surface area contributed by atoms with Gasteiger partial charge in [0.15, 0.2) is 5.82 Å². The van der Waals surface area contributed by atoms with E-state index >= 15 is 0 Å². The molecule has 0 bridgehead atoms. The second kappa shape index (κ2) is 11.7. The molecule has 29 heavy (non-hydrogen) atoms. The molecule has 158 valence electrons. The van der Waals surface area contributed by atoms with Crippen LogP contribution in [0.4, 0.5) is 5.82 Å². The number of aromatic nitrogens is 1. The van der Waals surface area contributed by atoms with Gasteiger partial charge in [0.05, 0.1) is 5.69 Å². The molecule has 1 N–H and O–H groups in total. The largest absolute Gasteiger partial charge is 0.360 e. The van der Waals surface area contributed by atoms with Gasteiger partial charge in [0.2, 0.25) is 5.96 Å². The minimum atomic E-state index is 0.504. The van der Waals surface area contributed by atoms with Gasteiger partial charge in [0, 0.05) is 30.6 Å². The number of nitrogens with zero attached hydrogens (tertiary/aromatic N) is 4. The van der Waals surface area contributed by atoms with Gasteiger partial charge >= 0.3 is 0 Å². The molecule has 2 rings (SSSR count). The Bertz CT molecular complexity index is 803. The molecule has 2 heterocycles. The Labute approximate surface area is 180 Å². The summed E-state index contributed by atoms with van der Waals surface area (Å²) in [7, 11) is 0. The van der Waals surface area contributed by atoms with Crippen molar-refractivity contribution in [3.8, 4) is 11.3 Å². The fourth-order valence-electron chi connectivity index (χ4n) is 2.90. The summed E-state index contributed by atoms with van der Waals surface area (Å²) in [4.78, 5) is 16.8. The van der Waals surface area contributed by atoms with Gasteiger partial charge in [-0.1, -0.05) is 33.8 Å². The Kier molecular flexibility index (Phi) is 9.32. The smallest absolute Gasteiger partial charge is 0.226 e. The molecule has 0 aliphatic heterocycles. The maximum absolute atomic E-state index is 4.86. The van der Waals surface area contributed by atoms with Crippen molar-refractivity contribution < 1.29 is 0 Å². The van der Waals surface area contributed by atoms with Gasteiger partial charge in [-0.05, 0) is 55.7 Å². The molecule has 0 unspecified atom stereocenters. The third-order valence-corrected chi connectivity index (χ3v) is 5.16. The molecule has 0 spiro atoms. The molecule has 5 nitrogen and oxygen atoms in total. The Morgan fingerprint density at radius 1 is 1.17 bits per heavy atom. The molecule has 0 aromatic carbocycles. The summed E-state index contributed by atoms with van der Waals surface area (Å²) >= 11 is 1.67. The van der Waals surface area contributed by atoms with E-state index in [1.165, 1.54) is 0 Å². The summed E-state index contributed by atoms with van der Waals surface area (Å²) in [5.41, 5.74) is 3.11. The first-order valence-corrected chi connectivity index (χ1v) is 11.5. The summed E-state index contributed by atoms with van der Waals surface area (Å²) < 4.78 is 0. The van der Waals surface area contributed by atoms with Gasteiger partial charge in [-0.15, -0.1) is 0 Å². The lowest BCUT2D eigenvalue weighted by Crippen LogP contribution is -2.34. The number of amidine groups is 1. The minimum Gasteiger partial charge on any atom is -0.360 e. The number of thiophene rings is 1. The molecule has 6 heteroatoms. The highest BCUT2D eigenvalue weighted by Gasteiger charge is 2.10. The number of rotatable bonds is 8. The van der Waals surface area contributed by atoms with Gasteiger partial charge in [-0.25, -0.2) is 9.98 Å². The van der Waals surface area contributed by atoms with Crippen LogP contribution in [-0.2, 0) is 0 Å². The highest BCUT2D eigenvalue weighted by atomic mass is 32.1.